The molecule has 90 valence electrons. The van der Waals surface area contributed by atoms with Crippen LogP contribution in [0.2, 0.25) is 0 Å². The molecular formula is C13H21NOS. The van der Waals surface area contributed by atoms with Gasteiger partial charge in [0.1, 0.15) is 0 Å². The van der Waals surface area contributed by atoms with E-state index >= 15 is 0 Å². The molecule has 1 aliphatic rings. The number of nitrogens with one attached hydrogen (secondary N) is 1. The SMILES string of the molecule is CCNC(C)Cc1cc2c(s1)CCCC2O. The van der Waals surface area contributed by atoms with Crippen molar-refractivity contribution in [3.8, 4) is 0 Å². The first-order valence-corrected chi connectivity index (χ1v) is 7.05. The lowest BCUT2D eigenvalue weighted by Gasteiger charge is -2.16. The number of fused-ring (bicyclic) bond motifs is 1. The third-order valence-corrected chi connectivity index (χ3v) is 4.43. The van der Waals surface area contributed by atoms with E-state index in [1.54, 1.807) is 0 Å². The van der Waals surface area contributed by atoms with Crippen LogP contribution in [0.25, 0.3) is 0 Å². The van der Waals surface area contributed by atoms with Crippen LogP contribution in [-0.2, 0) is 12.8 Å². The molecule has 3 heteroatoms. The Balaban J connectivity index is 2.06. The average molecular weight is 239 g/mol. The predicted molar refractivity (Wildman–Crippen MR) is 69.1 cm³/mol. The number of hydrogen-bond acceptors (Lipinski definition) is 3. The van der Waals surface area contributed by atoms with E-state index in [-0.39, 0.29) is 6.10 Å². The van der Waals surface area contributed by atoms with Gasteiger partial charge in [0.2, 0.25) is 0 Å². The second kappa shape index (κ2) is 5.30. The minimum Gasteiger partial charge on any atom is -0.388 e. The summed E-state index contributed by atoms with van der Waals surface area (Å²) in [6.45, 7) is 5.38. The van der Waals surface area contributed by atoms with Gasteiger partial charge in [-0.05, 0) is 50.8 Å². The number of rotatable bonds is 4. The Hall–Kier alpha value is -0.380. The quantitative estimate of drug-likeness (QED) is 0.846. The Bertz CT molecular complexity index is 348. The van der Waals surface area contributed by atoms with Gasteiger partial charge in [-0.3, -0.25) is 0 Å². The molecule has 0 aromatic carbocycles. The van der Waals surface area contributed by atoms with Crippen molar-refractivity contribution >= 4 is 11.3 Å². The van der Waals surface area contributed by atoms with E-state index in [1.165, 1.54) is 15.3 Å². The molecule has 1 aliphatic carbocycles. The first kappa shape index (κ1) is 12.1. The Morgan fingerprint density at radius 2 is 2.44 bits per heavy atom. The number of likely N-dealkylation sites (N-methyl/N-ethyl adjacent to an activating group) is 1. The second-order valence-corrected chi connectivity index (χ2v) is 5.88. The molecule has 1 aromatic heterocycles. The lowest BCUT2D eigenvalue weighted by molar-refractivity contribution is 0.157. The van der Waals surface area contributed by atoms with E-state index in [9.17, 15) is 5.11 Å². The van der Waals surface area contributed by atoms with Crippen molar-refractivity contribution < 1.29 is 5.11 Å². The van der Waals surface area contributed by atoms with Gasteiger partial charge in [0.15, 0.2) is 0 Å². The van der Waals surface area contributed by atoms with Crippen molar-refractivity contribution in [3.05, 3.63) is 21.4 Å². The smallest absolute Gasteiger partial charge is 0.0801 e. The number of hydrogen-bond donors (Lipinski definition) is 2. The lowest BCUT2D eigenvalue weighted by Crippen LogP contribution is -2.27. The highest BCUT2D eigenvalue weighted by Crippen LogP contribution is 2.35. The number of thiophene rings is 1. The largest absolute Gasteiger partial charge is 0.388 e. The van der Waals surface area contributed by atoms with Gasteiger partial charge >= 0.3 is 0 Å². The normalized spacial score (nSPS) is 21.8. The van der Waals surface area contributed by atoms with Crippen LogP contribution in [0.3, 0.4) is 0 Å². The van der Waals surface area contributed by atoms with Crippen LogP contribution >= 0.6 is 11.3 Å². The van der Waals surface area contributed by atoms with Gasteiger partial charge in [0, 0.05) is 15.8 Å². The molecule has 1 heterocycles. The Morgan fingerprint density at radius 3 is 3.12 bits per heavy atom. The van der Waals surface area contributed by atoms with Crippen molar-refractivity contribution in [2.45, 2.75) is 51.7 Å². The van der Waals surface area contributed by atoms with E-state index < -0.39 is 0 Å². The van der Waals surface area contributed by atoms with Gasteiger partial charge < -0.3 is 10.4 Å². The zero-order valence-corrected chi connectivity index (χ0v) is 10.9. The number of aryl methyl sites for hydroxylation is 1. The van der Waals surface area contributed by atoms with Gasteiger partial charge in [0.05, 0.1) is 6.10 Å². The van der Waals surface area contributed by atoms with E-state index in [2.05, 4.69) is 25.2 Å². The Morgan fingerprint density at radius 1 is 1.62 bits per heavy atom. The van der Waals surface area contributed by atoms with E-state index in [1.807, 2.05) is 11.3 Å². The van der Waals surface area contributed by atoms with E-state index in [0.29, 0.717) is 6.04 Å². The topological polar surface area (TPSA) is 32.3 Å². The summed E-state index contributed by atoms with van der Waals surface area (Å²) in [4.78, 5) is 2.83. The molecule has 2 rings (SSSR count). The molecule has 0 bridgehead atoms. The molecule has 0 spiro atoms. The summed E-state index contributed by atoms with van der Waals surface area (Å²) in [5.41, 5.74) is 1.20. The number of aliphatic hydroxyl groups excluding tert-OH is 1. The molecule has 0 saturated carbocycles. The van der Waals surface area contributed by atoms with Crippen LogP contribution < -0.4 is 5.32 Å². The first-order chi connectivity index (χ1) is 7.70. The van der Waals surface area contributed by atoms with Gasteiger partial charge in [-0.2, -0.15) is 0 Å². The Kier molecular flexibility index (Phi) is 4.00. The van der Waals surface area contributed by atoms with Crippen LogP contribution in [0.15, 0.2) is 6.07 Å². The maximum absolute atomic E-state index is 9.90. The summed E-state index contributed by atoms with van der Waals surface area (Å²) in [6.07, 6.45) is 4.11. The molecule has 16 heavy (non-hydrogen) atoms. The molecule has 0 radical (unpaired) electrons. The van der Waals surface area contributed by atoms with Crippen molar-refractivity contribution in [1.29, 1.82) is 0 Å². The molecule has 2 nitrogen and oxygen atoms in total. The summed E-state index contributed by atoms with van der Waals surface area (Å²) < 4.78 is 0. The molecule has 2 unspecified atom stereocenters. The molecule has 2 N–H and O–H groups in total. The zero-order valence-electron chi connectivity index (χ0n) is 10.1. The minimum atomic E-state index is -0.205. The molecule has 2 atom stereocenters. The van der Waals surface area contributed by atoms with Crippen LogP contribution in [0.1, 0.15) is 48.1 Å². The zero-order chi connectivity index (χ0) is 11.5. The summed E-state index contributed by atoms with van der Waals surface area (Å²) in [6, 6.07) is 2.75. The molecular weight excluding hydrogens is 218 g/mol. The third kappa shape index (κ3) is 2.65. The first-order valence-electron chi connectivity index (χ1n) is 6.23. The fraction of sp³-hybridized carbons (Fsp3) is 0.692. The van der Waals surface area contributed by atoms with Crippen molar-refractivity contribution in [3.63, 3.8) is 0 Å². The van der Waals surface area contributed by atoms with Crippen LogP contribution in [0, 0.1) is 0 Å². The van der Waals surface area contributed by atoms with Crippen molar-refractivity contribution in [1.82, 2.24) is 5.32 Å². The summed E-state index contributed by atoms with van der Waals surface area (Å²) in [5.74, 6) is 0. The Labute approximate surface area is 102 Å². The highest BCUT2D eigenvalue weighted by molar-refractivity contribution is 7.12. The van der Waals surface area contributed by atoms with E-state index in [0.717, 1.165) is 32.2 Å². The van der Waals surface area contributed by atoms with Gasteiger partial charge in [-0.25, -0.2) is 0 Å². The maximum Gasteiger partial charge on any atom is 0.0801 e. The fourth-order valence-corrected chi connectivity index (χ4v) is 3.81. The summed E-state index contributed by atoms with van der Waals surface area (Å²) in [7, 11) is 0. The van der Waals surface area contributed by atoms with Gasteiger partial charge in [-0.1, -0.05) is 6.92 Å². The van der Waals surface area contributed by atoms with Crippen molar-refractivity contribution in [2.75, 3.05) is 6.54 Å². The van der Waals surface area contributed by atoms with Crippen LogP contribution in [-0.4, -0.2) is 17.7 Å². The summed E-state index contributed by atoms with van der Waals surface area (Å²) >= 11 is 1.89. The molecule has 0 fully saturated rings. The molecule has 1 aromatic rings. The van der Waals surface area contributed by atoms with Crippen LogP contribution in [0.4, 0.5) is 0 Å². The lowest BCUT2D eigenvalue weighted by atomic mass is 9.96. The number of aliphatic hydroxyl groups is 1. The monoisotopic (exact) mass is 239 g/mol. The third-order valence-electron chi connectivity index (χ3n) is 3.19. The van der Waals surface area contributed by atoms with Crippen LogP contribution in [0.5, 0.6) is 0 Å². The van der Waals surface area contributed by atoms with E-state index in [4.69, 9.17) is 0 Å². The highest BCUT2D eigenvalue weighted by Gasteiger charge is 2.21. The molecule has 0 aliphatic heterocycles. The second-order valence-electron chi connectivity index (χ2n) is 4.66. The summed E-state index contributed by atoms with van der Waals surface area (Å²) in [5, 5.41) is 13.3. The fourth-order valence-electron chi connectivity index (χ4n) is 2.41. The predicted octanol–water partition coefficient (Wildman–Crippen LogP) is 2.66. The maximum atomic E-state index is 9.90. The standard InChI is InChI=1S/C13H21NOS/c1-3-14-9(2)7-10-8-11-12(15)5-4-6-13(11)16-10/h8-9,12,14-15H,3-7H2,1-2H3. The molecule has 0 saturated heterocycles. The average Bonchev–Trinajstić information content (AvgIpc) is 2.62. The minimum absolute atomic E-state index is 0.205. The van der Waals surface area contributed by atoms with Crippen molar-refractivity contribution in [2.24, 2.45) is 0 Å². The van der Waals surface area contributed by atoms with Gasteiger partial charge in [-0.15, -0.1) is 11.3 Å². The highest BCUT2D eigenvalue weighted by atomic mass is 32.1. The molecule has 0 amide bonds. The van der Waals surface area contributed by atoms with Gasteiger partial charge in [0.25, 0.3) is 0 Å².